The van der Waals surface area contributed by atoms with E-state index in [2.05, 4.69) is 41.5 Å². The van der Waals surface area contributed by atoms with Crippen LogP contribution in [0.15, 0.2) is 8.94 Å². The van der Waals surface area contributed by atoms with E-state index in [4.69, 9.17) is 0 Å². The SMILES string of the molecule is C1CCCC1.C1CCCC1.COC(=O)/C([Se])=C(/[Se])C(=O)OC.[Ti+2]. The van der Waals surface area contributed by atoms with Crippen molar-refractivity contribution in [2.75, 3.05) is 14.2 Å². The van der Waals surface area contributed by atoms with Crippen LogP contribution in [0.4, 0.5) is 0 Å². The molecule has 0 saturated heterocycles. The monoisotopic (exact) mass is 490 g/mol. The van der Waals surface area contributed by atoms with Crippen LogP contribution < -0.4 is 0 Å². The largest absolute Gasteiger partial charge is 2.00 e. The van der Waals surface area contributed by atoms with E-state index >= 15 is 0 Å². The van der Waals surface area contributed by atoms with Gasteiger partial charge in [0.25, 0.3) is 0 Å². The van der Waals surface area contributed by atoms with Crippen LogP contribution in [0.2, 0.25) is 0 Å². The van der Waals surface area contributed by atoms with Crippen LogP contribution in [0.3, 0.4) is 0 Å². The number of esters is 2. The van der Waals surface area contributed by atoms with Gasteiger partial charge in [-0.15, -0.1) is 0 Å². The van der Waals surface area contributed by atoms with Crippen LogP contribution in [0.1, 0.15) is 64.2 Å². The molecule has 128 valence electrons. The van der Waals surface area contributed by atoms with Gasteiger partial charge in [-0.25, -0.2) is 0 Å². The second-order valence-electron chi connectivity index (χ2n) is 5.18. The smallest absolute Gasteiger partial charge is 2.00 e. The number of carbonyl (C=O) groups excluding carboxylic acids is 2. The van der Waals surface area contributed by atoms with E-state index in [1.165, 1.54) is 78.4 Å². The van der Waals surface area contributed by atoms with Gasteiger partial charge in [0.2, 0.25) is 0 Å². The molecule has 0 N–H and O–H groups in total. The summed E-state index contributed by atoms with van der Waals surface area (Å²) in [4.78, 5) is 21.7. The van der Waals surface area contributed by atoms with Crippen molar-refractivity contribution >= 4 is 44.0 Å². The maximum Gasteiger partial charge on any atom is 2.00 e. The molecular weight excluding hydrogens is 462 g/mol. The van der Waals surface area contributed by atoms with Crippen molar-refractivity contribution in [3.05, 3.63) is 8.94 Å². The summed E-state index contributed by atoms with van der Waals surface area (Å²) < 4.78 is 8.92. The Bertz CT molecular complexity index is 316. The van der Waals surface area contributed by atoms with Crippen molar-refractivity contribution in [2.45, 2.75) is 64.2 Å². The van der Waals surface area contributed by atoms with Gasteiger partial charge in [-0.3, -0.25) is 0 Å². The molecule has 0 atom stereocenters. The van der Waals surface area contributed by atoms with Gasteiger partial charge in [0.15, 0.2) is 0 Å². The molecular formula is C16H26O4Se2Ti+2. The number of carbonyl (C=O) groups is 2. The predicted octanol–water partition coefficient (Wildman–Crippen LogP) is 2.78. The number of hydrogen-bond acceptors (Lipinski definition) is 4. The third-order valence-corrected chi connectivity index (χ3v) is 5.66. The Labute approximate surface area is 171 Å². The fourth-order valence-electron chi connectivity index (χ4n) is 2.14. The molecule has 0 aliphatic heterocycles. The van der Waals surface area contributed by atoms with Crippen LogP contribution in [-0.2, 0) is 40.8 Å². The third-order valence-electron chi connectivity index (χ3n) is 3.45. The summed E-state index contributed by atoms with van der Waals surface area (Å²) >= 11 is 4.83. The Morgan fingerprint density at radius 3 is 0.913 bits per heavy atom. The molecule has 0 aromatic heterocycles. The van der Waals surface area contributed by atoms with Crippen molar-refractivity contribution in [1.29, 1.82) is 0 Å². The molecule has 2 aliphatic carbocycles. The average Bonchev–Trinajstić information content (AvgIpc) is 3.29. The van der Waals surface area contributed by atoms with Crippen LogP contribution in [0.25, 0.3) is 0 Å². The van der Waals surface area contributed by atoms with Gasteiger partial charge in [0.05, 0.1) is 0 Å². The van der Waals surface area contributed by atoms with Crippen LogP contribution in [-0.4, -0.2) is 58.2 Å². The minimum absolute atomic E-state index is 0. The number of methoxy groups -OCH3 is 2. The molecule has 2 aliphatic rings. The van der Waals surface area contributed by atoms with Crippen molar-refractivity contribution in [2.24, 2.45) is 0 Å². The summed E-state index contributed by atoms with van der Waals surface area (Å²) in [6, 6.07) is 0. The quantitative estimate of drug-likeness (QED) is 0.341. The number of hydrogen-bond donors (Lipinski definition) is 0. The van der Waals surface area contributed by atoms with E-state index in [9.17, 15) is 9.59 Å². The molecule has 0 bridgehead atoms. The fourth-order valence-corrected chi connectivity index (χ4v) is 2.84. The Balaban J connectivity index is 0. The first-order chi connectivity index (χ1) is 10.5. The molecule has 4 nitrogen and oxygen atoms in total. The minimum Gasteiger partial charge on any atom is 2.00 e. The summed E-state index contributed by atoms with van der Waals surface area (Å²) in [5.41, 5.74) is 0. The summed E-state index contributed by atoms with van der Waals surface area (Å²) in [5.74, 6) is -1.21. The molecule has 0 aromatic rings. The van der Waals surface area contributed by atoms with Crippen LogP contribution in [0.5, 0.6) is 0 Å². The Hall–Kier alpha value is 0.433. The Kier molecular flexibility index (Phi) is 19.3. The summed E-state index contributed by atoms with van der Waals surface area (Å²) in [6.45, 7) is 0. The van der Waals surface area contributed by atoms with Crippen molar-refractivity contribution < 1.29 is 40.8 Å². The van der Waals surface area contributed by atoms with Gasteiger partial charge in [-0.05, 0) is 0 Å². The maximum atomic E-state index is 10.8. The fraction of sp³-hybridized carbons (Fsp3) is 0.750. The summed E-state index contributed by atoms with van der Waals surface area (Å²) in [6.07, 6.45) is 15.0. The minimum atomic E-state index is -0.603. The van der Waals surface area contributed by atoms with E-state index in [1.807, 2.05) is 0 Å². The van der Waals surface area contributed by atoms with E-state index in [0.717, 1.165) is 0 Å². The second kappa shape index (κ2) is 17.3. The van der Waals surface area contributed by atoms with Gasteiger partial charge in [-0.2, -0.15) is 0 Å². The molecule has 2 rings (SSSR count). The number of ether oxygens (including phenoxy) is 2. The van der Waals surface area contributed by atoms with E-state index in [1.54, 1.807) is 0 Å². The molecule has 0 unspecified atom stereocenters. The summed E-state index contributed by atoms with van der Waals surface area (Å²) in [5, 5.41) is 0. The van der Waals surface area contributed by atoms with Gasteiger partial charge in [-0.1, -0.05) is 64.2 Å². The molecule has 2 fully saturated rings. The van der Waals surface area contributed by atoms with Gasteiger partial charge in [0, 0.05) is 0 Å². The zero-order valence-electron chi connectivity index (χ0n) is 14.0. The van der Waals surface area contributed by atoms with E-state index in [0.29, 0.717) is 0 Å². The van der Waals surface area contributed by atoms with Crippen LogP contribution in [0, 0.1) is 0 Å². The zero-order chi connectivity index (χ0) is 16.8. The normalized spacial score (nSPS) is 16.4. The molecule has 23 heavy (non-hydrogen) atoms. The van der Waals surface area contributed by atoms with Crippen LogP contribution >= 0.6 is 0 Å². The third kappa shape index (κ3) is 13.4. The van der Waals surface area contributed by atoms with E-state index < -0.39 is 11.9 Å². The first-order valence-corrected chi connectivity index (χ1v) is 9.50. The van der Waals surface area contributed by atoms with Gasteiger partial charge < -0.3 is 0 Å². The molecule has 7 heteroatoms. The Morgan fingerprint density at radius 1 is 0.609 bits per heavy atom. The summed E-state index contributed by atoms with van der Waals surface area (Å²) in [7, 11) is 2.45. The molecule has 0 amide bonds. The van der Waals surface area contributed by atoms with Gasteiger partial charge >= 0.3 is 108 Å². The van der Waals surface area contributed by atoms with Crippen molar-refractivity contribution in [3.8, 4) is 0 Å². The van der Waals surface area contributed by atoms with Crippen molar-refractivity contribution in [3.63, 3.8) is 0 Å². The standard InChI is InChI=1S/C6H6O4Se2.2C5H10.Ti/c1-9-5(7)3(11)4(12)6(8)10-2;2*1-2-4-5-3-1;/h1-2H3;2*1-5H2;/q;;;+2/b4-3-;;;. The molecule has 0 spiro atoms. The predicted molar refractivity (Wildman–Crippen MR) is 88.7 cm³/mol. The molecule has 0 aromatic carbocycles. The first-order valence-electron chi connectivity index (χ1n) is 7.79. The number of rotatable bonds is 2. The second-order valence-corrected chi connectivity index (χ2v) is 6.89. The van der Waals surface area contributed by atoms with E-state index in [-0.39, 0.29) is 30.7 Å². The molecule has 2 saturated carbocycles. The molecule has 0 heterocycles. The Morgan fingerprint density at radius 2 is 0.783 bits per heavy atom. The van der Waals surface area contributed by atoms with Crippen molar-refractivity contribution in [1.82, 2.24) is 0 Å². The molecule has 2 radical (unpaired) electrons. The van der Waals surface area contributed by atoms with Gasteiger partial charge in [0.1, 0.15) is 0 Å². The zero-order valence-corrected chi connectivity index (χ0v) is 19.0. The topological polar surface area (TPSA) is 52.6 Å². The maximum absolute atomic E-state index is 10.8. The average molecular weight is 488 g/mol. The first kappa shape index (κ1) is 25.7.